The van der Waals surface area contributed by atoms with Crippen molar-refractivity contribution in [3.05, 3.63) is 40.1 Å². The maximum atomic E-state index is 12.4. The first-order valence-electron chi connectivity index (χ1n) is 5.61. The van der Waals surface area contributed by atoms with Gasteiger partial charge >= 0.3 is 0 Å². The van der Waals surface area contributed by atoms with Crippen LogP contribution in [0.5, 0.6) is 5.75 Å². The van der Waals surface area contributed by atoms with Crippen LogP contribution >= 0.6 is 27.5 Å². The highest BCUT2D eigenvalue weighted by Crippen LogP contribution is 2.30. The van der Waals surface area contributed by atoms with Crippen LogP contribution in [0.1, 0.15) is 0 Å². The third-order valence-corrected chi connectivity index (χ3v) is 4.65. The quantitative estimate of drug-likeness (QED) is 0.616. The van der Waals surface area contributed by atoms with E-state index in [2.05, 4.69) is 25.6 Å². The van der Waals surface area contributed by atoms with Crippen molar-refractivity contribution < 1.29 is 13.2 Å². The summed E-state index contributed by atoms with van der Waals surface area (Å²) in [5.74, 6) is 0.177. The molecule has 0 aliphatic heterocycles. The lowest BCUT2D eigenvalue weighted by molar-refractivity contribution is 0.403. The number of rotatable bonds is 4. The largest absolute Gasteiger partial charge is 0.495 e. The van der Waals surface area contributed by atoms with E-state index in [0.29, 0.717) is 10.2 Å². The molecule has 0 bridgehead atoms. The van der Waals surface area contributed by atoms with Crippen molar-refractivity contribution in [3.63, 3.8) is 0 Å². The van der Waals surface area contributed by atoms with Gasteiger partial charge in [-0.1, -0.05) is 11.6 Å². The van der Waals surface area contributed by atoms with Gasteiger partial charge in [0.05, 0.1) is 12.8 Å². The Labute approximate surface area is 135 Å². The average Bonchev–Trinajstić information content (AvgIpc) is 2.42. The van der Waals surface area contributed by atoms with Crippen LogP contribution in [0.25, 0.3) is 0 Å². The number of sulfonamides is 1. The number of nitrogens with two attached hydrogens (primary N) is 1. The number of halogens is 2. The molecule has 1 heterocycles. The Kier molecular flexibility index (Phi) is 4.60. The number of methoxy groups -OCH3 is 1. The van der Waals surface area contributed by atoms with Gasteiger partial charge in [-0.2, -0.15) is 0 Å². The first-order valence-corrected chi connectivity index (χ1v) is 8.26. The van der Waals surface area contributed by atoms with E-state index in [1.807, 2.05) is 0 Å². The molecule has 0 radical (unpaired) electrons. The summed E-state index contributed by atoms with van der Waals surface area (Å²) in [5.41, 5.74) is 6.08. The predicted molar refractivity (Wildman–Crippen MR) is 85.2 cm³/mol. The van der Waals surface area contributed by atoms with Crippen LogP contribution in [0, 0.1) is 0 Å². The highest BCUT2D eigenvalue weighted by Gasteiger charge is 2.21. The lowest BCUT2D eigenvalue weighted by atomic mass is 10.3. The minimum absolute atomic E-state index is 0.0321. The number of benzene rings is 1. The molecule has 0 aliphatic carbocycles. The fraction of sp³-hybridized carbons (Fsp3) is 0.0833. The van der Waals surface area contributed by atoms with E-state index in [0.717, 1.165) is 0 Å². The van der Waals surface area contributed by atoms with Crippen molar-refractivity contribution in [2.24, 2.45) is 0 Å². The summed E-state index contributed by atoms with van der Waals surface area (Å²) in [6, 6.07) is 5.84. The van der Waals surface area contributed by atoms with Crippen molar-refractivity contribution in [2.45, 2.75) is 4.90 Å². The van der Waals surface area contributed by atoms with E-state index in [-0.39, 0.29) is 21.5 Å². The summed E-state index contributed by atoms with van der Waals surface area (Å²) < 4.78 is 32.9. The van der Waals surface area contributed by atoms with E-state index in [9.17, 15) is 8.42 Å². The average molecular weight is 393 g/mol. The molecule has 1 aromatic carbocycles. The minimum atomic E-state index is -3.92. The molecule has 0 saturated carbocycles. The Bertz CT molecular complexity index is 783. The van der Waals surface area contributed by atoms with Crippen LogP contribution in [-0.2, 0) is 10.0 Å². The summed E-state index contributed by atoms with van der Waals surface area (Å²) in [6.45, 7) is 0. The van der Waals surface area contributed by atoms with Crippen LogP contribution in [0.2, 0.25) is 5.15 Å². The number of hydrogen-bond acceptors (Lipinski definition) is 5. The Morgan fingerprint density at radius 3 is 2.76 bits per heavy atom. The standard InChI is InChI=1S/C12H11BrClN3O3S/c1-20-10-3-2-8(15)5-11(10)21(18,19)17-9-4-7(13)6-16-12(9)14/h2-6,17H,15H2,1H3. The Morgan fingerprint density at radius 1 is 1.38 bits per heavy atom. The Hall–Kier alpha value is -1.51. The molecule has 3 N–H and O–H groups in total. The number of ether oxygens (including phenoxy) is 1. The zero-order valence-electron chi connectivity index (χ0n) is 10.8. The monoisotopic (exact) mass is 391 g/mol. The molecule has 0 amide bonds. The van der Waals surface area contributed by atoms with Crippen LogP contribution in [0.4, 0.5) is 11.4 Å². The molecular weight excluding hydrogens is 382 g/mol. The van der Waals surface area contributed by atoms with E-state index in [1.54, 1.807) is 6.07 Å². The van der Waals surface area contributed by atoms with Gasteiger partial charge in [-0.05, 0) is 40.2 Å². The highest BCUT2D eigenvalue weighted by molar-refractivity contribution is 9.10. The summed E-state index contributed by atoms with van der Waals surface area (Å²) in [4.78, 5) is 3.77. The van der Waals surface area contributed by atoms with Crippen molar-refractivity contribution in [3.8, 4) is 5.75 Å². The smallest absolute Gasteiger partial charge is 0.265 e. The highest BCUT2D eigenvalue weighted by atomic mass is 79.9. The van der Waals surface area contributed by atoms with Gasteiger partial charge in [-0.25, -0.2) is 13.4 Å². The topological polar surface area (TPSA) is 94.3 Å². The third kappa shape index (κ3) is 3.58. The molecule has 0 atom stereocenters. The number of nitrogen functional groups attached to an aromatic ring is 1. The molecule has 0 aliphatic rings. The number of aromatic nitrogens is 1. The second-order valence-electron chi connectivity index (χ2n) is 4.01. The van der Waals surface area contributed by atoms with Crippen LogP contribution in [0.15, 0.2) is 39.8 Å². The lowest BCUT2D eigenvalue weighted by Gasteiger charge is -2.13. The summed E-state index contributed by atoms with van der Waals surface area (Å²) in [5, 5.41) is 0.0321. The fourth-order valence-electron chi connectivity index (χ4n) is 1.60. The molecule has 112 valence electrons. The maximum absolute atomic E-state index is 12.4. The second kappa shape index (κ2) is 6.08. The zero-order valence-corrected chi connectivity index (χ0v) is 14.0. The van der Waals surface area contributed by atoms with Crippen molar-refractivity contribution in [1.82, 2.24) is 4.98 Å². The van der Waals surface area contributed by atoms with Crippen molar-refractivity contribution in [1.29, 1.82) is 0 Å². The normalized spacial score (nSPS) is 11.2. The molecule has 0 saturated heterocycles. The molecule has 0 fully saturated rings. The molecule has 6 nitrogen and oxygen atoms in total. The molecule has 0 unspecified atom stereocenters. The van der Waals surface area contributed by atoms with E-state index in [1.165, 1.54) is 31.5 Å². The number of nitrogens with zero attached hydrogens (tertiary/aromatic N) is 1. The number of nitrogens with one attached hydrogen (secondary N) is 1. The van der Waals surface area contributed by atoms with Gasteiger partial charge in [0, 0.05) is 16.4 Å². The fourth-order valence-corrected chi connectivity index (χ4v) is 3.40. The maximum Gasteiger partial charge on any atom is 0.265 e. The summed E-state index contributed by atoms with van der Waals surface area (Å²) in [6.07, 6.45) is 1.46. The lowest BCUT2D eigenvalue weighted by Crippen LogP contribution is -2.15. The molecule has 0 spiro atoms. The first kappa shape index (κ1) is 15.9. The summed E-state index contributed by atoms with van der Waals surface area (Å²) >= 11 is 9.08. The zero-order chi connectivity index (χ0) is 15.6. The molecule has 2 rings (SSSR count). The molecule has 9 heteroatoms. The molecule has 2 aromatic rings. The van der Waals surface area contributed by atoms with E-state index >= 15 is 0 Å². The van der Waals surface area contributed by atoms with Gasteiger partial charge in [-0.15, -0.1) is 0 Å². The number of anilines is 2. The SMILES string of the molecule is COc1ccc(N)cc1S(=O)(=O)Nc1cc(Br)cnc1Cl. The first-order chi connectivity index (χ1) is 9.83. The summed E-state index contributed by atoms with van der Waals surface area (Å²) in [7, 11) is -2.54. The van der Waals surface area contributed by atoms with Crippen molar-refractivity contribution >= 4 is 48.9 Å². The van der Waals surface area contributed by atoms with E-state index < -0.39 is 10.0 Å². The minimum Gasteiger partial charge on any atom is -0.495 e. The van der Waals surface area contributed by atoms with Gasteiger partial charge in [0.15, 0.2) is 5.15 Å². The second-order valence-corrected chi connectivity index (χ2v) is 6.93. The molecular formula is C12H11BrClN3O3S. The Balaban J connectivity index is 2.48. The van der Waals surface area contributed by atoms with Crippen molar-refractivity contribution in [2.75, 3.05) is 17.6 Å². The Morgan fingerprint density at radius 2 is 2.10 bits per heavy atom. The van der Waals surface area contributed by atoms with E-state index in [4.69, 9.17) is 22.1 Å². The van der Waals surface area contributed by atoms with Gasteiger partial charge in [0.1, 0.15) is 10.6 Å². The van der Waals surface area contributed by atoms with Crippen LogP contribution in [-0.4, -0.2) is 20.5 Å². The van der Waals surface area contributed by atoms with Gasteiger partial charge in [0.25, 0.3) is 10.0 Å². The van der Waals surface area contributed by atoms with Crippen LogP contribution < -0.4 is 15.2 Å². The van der Waals surface area contributed by atoms with Gasteiger partial charge < -0.3 is 10.5 Å². The number of hydrogen-bond donors (Lipinski definition) is 2. The predicted octanol–water partition coefficient (Wildman–Crippen LogP) is 2.89. The molecule has 21 heavy (non-hydrogen) atoms. The number of pyridine rings is 1. The van der Waals surface area contributed by atoms with Gasteiger partial charge in [0.2, 0.25) is 0 Å². The van der Waals surface area contributed by atoms with Crippen LogP contribution in [0.3, 0.4) is 0 Å². The van der Waals surface area contributed by atoms with Gasteiger partial charge in [-0.3, -0.25) is 4.72 Å². The third-order valence-electron chi connectivity index (χ3n) is 2.53. The molecule has 1 aromatic heterocycles.